The summed E-state index contributed by atoms with van der Waals surface area (Å²) >= 11 is 0. The smallest absolute Gasteiger partial charge is 0.369 e. The summed E-state index contributed by atoms with van der Waals surface area (Å²) in [5, 5.41) is 22.4. The van der Waals surface area contributed by atoms with E-state index in [1.165, 1.54) is 6.07 Å². The second kappa shape index (κ2) is 10.3. The molecule has 0 aromatic heterocycles. The van der Waals surface area contributed by atoms with Crippen LogP contribution in [-0.4, -0.2) is 42.2 Å². The van der Waals surface area contributed by atoms with E-state index in [-0.39, 0.29) is 24.9 Å². The standard InChI is InChI=1S/C26H22F7N3O2/c1-36(2)11-3-8-24(38,22(37)35-18-6-4-16(14-34)19(13-18)26(31,32)33)15-23(9-10-23)20-12-17(25(28,29)30)5-7-21(20)27/h4-7,12-13,38H,9-11,15H2,1-2H3,(H,35,37). The normalized spacial score (nSPS) is 16.2. The number of amides is 1. The average Bonchev–Trinajstić information content (AvgIpc) is 3.57. The van der Waals surface area contributed by atoms with Crippen molar-refractivity contribution in [1.29, 1.82) is 5.26 Å². The Morgan fingerprint density at radius 3 is 2.26 bits per heavy atom. The zero-order chi connectivity index (χ0) is 28.5. The topological polar surface area (TPSA) is 76.4 Å². The van der Waals surface area contributed by atoms with Crippen LogP contribution in [-0.2, 0) is 22.6 Å². The molecule has 1 atom stereocenters. The summed E-state index contributed by atoms with van der Waals surface area (Å²) in [6, 6.07) is 5.65. The lowest BCUT2D eigenvalue weighted by atomic mass is 9.82. The van der Waals surface area contributed by atoms with Crippen LogP contribution in [0.5, 0.6) is 0 Å². The molecule has 0 heterocycles. The first-order valence-corrected chi connectivity index (χ1v) is 11.2. The van der Waals surface area contributed by atoms with Crippen LogP contribution in [0.3, 0.4) is 0 Å². The Balaban J connectivity index is 2.00. The van der Waals surface area contributed by atoms with Crippen molar-refractivity contribution in [3.63, 3.8) is 0 Å². The number of hydrogen-bond acceptors (Lipinski definition) is 4. The van der Waals surface area contributed by atoms with Gasteiger partial charge in [0.15, 0.2) is 0 Å². The Bertz CT molecular complexity index is 1330. The number of carbonyl (C=O) groups is 1. The predicted molar refractivity (Wildman–Crippen MR) is 123 cm³/mol. The lowest BCUT2D eigenvalue weighted by Gasteiger charge is -2.28. The lowest BCUT2D eigenvalue weighted by Crippen LogP contribution is -2.45. The van der Waals surface area contributed by atoms with Gasteiger partial charge in [-0.1, -0.05) is 11.8 Å². The highest BCUT2D eigenvalue weighted by atomic mass is 19.4. The van der Waals surface area contributed by atoms with Crippen LogP contribution in [0, 0.1) is 29.0 Å². The molecule has 1 saturated carbocycles. The molecule has 0 spiro atoms. The molecule has 1 aliphatic carbocycles. The number of nitrogens with zero attached hydrogens (tertiary/aromatic N) is 2. The van der Waals surface area contributed by atoms with Gasteiger partial charge in [-0.05, 0) is 68.9 Å². The molecule has 0 radical (unpaired) electrons. The van der Waals surface area contributed by atoms with Crippen molar-refractivity contribution in [2.75, 3.05) is 26.0 Å². The molecular weight excluding hydrogens is 519 g/mol. The molecule has 1 aliphatic rings. The van der Waals surface area contributed by atoms with Crippen LogP contribution in [0.25, 0.3) is 0 Å². The summed E-state index contributed by atoms with van der Waals surface area (Å²) in [5.41, 5.74) is -7.80. The number of nitriles is 1. The Morgan fingerprint density at radius 1 is 1.08 bits per heavy atom. The first-order chi connectivity index (χ1) is 17.5. The largest absolute Gasteiger partial charge is 0.417 e. The highest BCUT2D eigenvalue weighted by Gasteiger charge is 2.54. The van der Waals surface area contributed by atoms with Gasteiger partial charge in [0.25, 0.3) is 5.91 Å². The third kappa shape index (κ3) is 6.44. The van der Waals surface area contributed by atoms with Crippen LogP contribution in [0.2, 0.25) is 0 Å². The predicted octanol–water partition coefficient (Wildman–Crippen LogP) is 5.09. The minimum absolute atomic E-state index is 0.0651. The van der Waals surface area contributed by atoms with E-state index in [4.69, 9.17) is 5.26 Å². The Morgan fingerprint density at radius 2 is 1.74 bits per heavy atom. The van der Waals surface area contributed by atoms with Gasteiger partial charge in [0.2, 0.25) is 5.60 Å². The monoisotopic (exact) mass is 541 g/mol. The van der Waals surface area contributed by atoms with E-state index in [9.17, 15) is 40.6 Å². The Kier molecular flexibility index (Phi) is 7.83. The number of anilines is 1. The Labute approximate surface area is 213 Å². The van der Waals surface area contributed by atoms with Gasteiger partial charge in [0.1, 0.15) is 5.82 Å². The van der Waals surface area contributed by atoms with Crippen molar-refractivity contribution >= 4 is 11.6 Å². The summed E-state index contributed by atoms with van der Waals surface area (Å²) in [7, 11) is 3.28. The van der Waals surface area contributed by atoms with Gasteiger partial charge in [-0.2, -0.15) is 31.6 Å². The maximum Gasteiger partial charge on any atom is 0.417 e. The molecule has 3 rings (SSSR count). The van der Waals surface area contributed by atoms with Crippen LogP contribution in [0.4, 0.5) is 36.4 Å². The second-order valence-electron chi connectivity index (χ2n) is 9.37. The zero-order valence-electron chi connectivity index (χ0n) is 20.2. The van der Waals surface area contributed by atoms with Crippen LogP contribution in [0.15, 0.2) is 36.4 Å². The molecular formula is C26H22F7N3O2. The van der Waals surface area contributed by atoms with E-state index in [2.05, 4.69) is 17.2 Å². The van der Waals surface area contributed by atoms with E-state index in [1.807, 2.05) is 0 Å². The average molecular weight is 541 g/mol. The highest BCUT2D eigenvalue weighted by molar-refractivity contribution is 6.00. The molecule has 1 unspecified atom stereocenters. The van der Waals surface area contributed by atoms with E-state index in [1.54, 1.807) is 19.0 Å². The first-order valence-electron chi connectivity index (χ1n) is 11.2. The maximum atomic E-state index is 14.7. The summed E-state index contributed by atoms with van der Waals surface area (Å²) in [6.07, 6.45) is -9.99. The highest BCUT2D eigenvalue weighted by Crippen LogP contribution is 2.55. The molecule has 5 nitrogen and oxygen atoms in total. The molecule has 1 fully saturated rings. The molecule has 38 heavy (non-hydrogen) atoms. The van der Waals surface area contributed by atoms with Gasteiger partial charge < -0.3 is 10.4 Å². The molecule has 0 aliphatic heterocycles. The number of nitrogens with one attached hydrogen (secondary N) is 1. The third-order valence-corrected chi connectivity index (χ3v) is 6.08. The zero-order valence-corrected chi connectivity index (χ0v) is 20.2. The molecule has 1 amide bonds. The van der Waals surface area contributed by atoms with Crippen molar-refractivity contribution in [2.45, 2.75) is 42.6 Å². The Hall–Kier alpha value is -3.61. The minimum Gasteiger partial charge on any atom is -0.369 e. The summed E-state index contributed by atoms with van der Waals surface area (Å²) in [4.78, 5) is 14.8. The molecule has 202 valence electrons. The fourth-order valence-electron chi connectivity index (χ4n) is 4.00. The molecule has 2 aromatic carbocycles. The first kappa shape index (κ1) is 29.0. The van der Waals surface area contributed by atoms with Crippen LogP contribution >= 0.6 is 0 Å². The molecule has 2 aromatic rings. The van der Waals surface area contributed by atoms with Gasteiger partial charge in [-0.25, -0.2) is 4.39 Å². The van der Waals surface area contributed by atoms with Gasteiger partial charge in [0.05, 0.1) is 29.3 Å². The van der Waals surface area contributed by atoms with E-state index in [0.29, 0.717) is 24.3 Å². The second-order valence-corrected chi connectivity index (χ2v) is 9.37. The van der Waals surface area contributed by atoms with Gasteiger partial charge in [-0.3, -0.25) is 9.69 Å². The molecule has 0 bridgehead atoms. The number of rotatable bonds is 6. The van der Waals surface area contributed by atoms with Crippen molar-refractivity contribution in [2.24, 2.45) is 0 Å². The summed E-state index contributed by atoms with van der Waals surface area (Å²) in [5.74, 6) is 2.74. The maximum absolute atomic E-state index is 14.7. The third-order valence-electron chi connectivity index (χ3n) is 6.08. The molecule has 12 heteroatoms. The lowest BCUT2D eigenvalue weighted by molar-refractivity contribution is -0.138. The molecule has 0 saturated heterocycles. The van der Waals surface area contributed by atoms with Crippen LogP contribution in [0.1, 0.15) is 41.5 Å². The SMILES string of the molecule is CN(C)CC#CC(O)(CC1(c2cc(C(F)(F)F)ccc2F)CC1)C(=O)Nc1ccc(C#N)c(C(F)(F)F)c1. The number of carbonyl (C=O) groups excluding carboxylic acids is 1. The molecule has 2 N–H and O–H groups in total. The van der Waals surface area contributed by atoms with Gasteiger partial charge >= 0.3 is 12.4 Å². The van der Waals surface area contributed by atoms with E-state index in [0.717, 1.165) is 12.1 Å². The summed E-state index contributed by atoms with van der Waals surface area (Å²) < 4.78 is 94.5. The van der Waals surface area contributed by atoms with Crippen molar-refractivity contribution in [1.82, 2.24) is 4.90 Å². The number of alkyl halides is 6. The van der Waals surface area contributed by atoms with Crippen molar-refractivity contribution in [3.8, 4) is 17.9 Å². The number of benzene rings is 2. The summed E-state index contributed by atoms with van der Waals surface area (Å²) in [6.45, 7) is 0.0651. The van der Waals surface area contributed by atoms with Gasteiger partial charge in [-0.15, -0.1) is 0 Å². The number of hydrogen-bond donors (Lipinski definition) is 2. The fourth-order valence-corrected chi connectivity index (χ4v) is 4.00. The fraction of sp³-hybridized carbons (Fsp3) is 0.385. The van der Waals surface area contributed by atoms with Crippen molar-refractivity contribution in [3.05, 3.63) is 64.5 Å². The quantitative estimate of drug-likeness (QED) is 0.395. The van der Waals surface area contributed by atoms with Crippen molar-refractivity contribution < 1.29 is 40.6 Å². The number of aliphatic hydroxyl groups is 1. The number of halogens is 7. The van der Waals surface area contributed by atoms with Crippen LogP contribution < -0.4 is 5.32 Å². The van der Waals surface area contributed by atoms with E-state index >= 15 is 0 Å². The minimum atomic E-state index is -4.91. The van der Waals surface area contributed by atoms with E-state index < -0.39 is 63.9 Å². The van der Waals surface area contributed by atoms with Gasteiger partial charge in [0, 0.05) is 17.5 Å².